The van der Waals surface area contributed by atoms with Crippen LogP contribution in [0.4, 0.5) is 0 Å². The molecule has 238 valence electrons. The number of nitrogens with one attached hydrogen (secondary N) is 1. The van der Waals surface area contributed by atoms with E-state index in [0.717, 1.165) is 19.3 Å². The maximum absolute atomic E-state index is 12.4. The molecule has 2 atom stereocenters. The minimum Gasteiger partial charge on any atom is -0.394 e. The van der Waals surface area contributed by atoms with Crippen LogP contribution in [-0.4, -0.2) is 23.7 Å². The summed E-state index contributed by atoms with van der Waals surface area (Å²) in [5.41, 5.74) is 0. The van der Waals surface area contributed by atoms with Gasteiger partial charge in [-0.25, -0.2) is 0 Å². The molecule has 3 nitrogen and oxygen atoms in total. The largest absolute Gasteiger partial charge is 0.394 e. The van der Waals surface area contributed by atoms with Crippen LogP contribution < -0.4 is 5.32 Å². The Morgan fingerprint density at radius 1 is 0.575 bits per heavy atom. The highest BCUT2D eigenvalue weighted by Crippen LogP contribution is 2.15. The lowest BCUT2D eigenvalue weighted by Gasteiger charge is -2.21. The number of aliphatic hydroxyl groups is 1. The SMILES string of the molecule is CCCCCCCCCCCCC/C=C/[C@@H](C)[C@H](CO)NC(=O)CCCCCCCCCCCCCCCCC. The second kappa shape index (κ2) is 32.7. The van der Waals surface area contributed by atoms with Crippen molar-refractivity contribution in [3.05, 3.63) is 12.2 Å². The Kier molecular flexibility index (Phi) is 32.0. The normalized spacial score (nSPS) is 13.2. The molecule has 3 heteroatoms. The molecule has 0 aliphatic carbocycles. The minimum atomic E-state index is -0.169. The van der Waals surface area contributed by atoms with Gasteiger partial charge in [-0.15, -0.1) is 0 Å². The maximum Gasteiger partial charge on any atom is 0.220 e. The van der Waals surface area contributed by atoms with E-state index in [1.807, 2.05) is 0 Å². The van der Waals surface area contributed by atoms with Crippen molar-refractivity contribution in [3.8, 4) is 0 Å². The van der Waals surface area contributed by atoms with E-state index in [-0.39, 0.29) is 24.5 Å². The van der Waals surface area contributed by atoms with Gasteiger partial charge in [-0.05, 0) is 25.2 Å². The summed E-state index contributed by atoms with van der Waals surface area (Å²) in [7, 11) is 0. The van der Waals surface area contributed by atoms with E-state index in [1.165, 1.54) is 154 Å². The van der Waals surface area contributed by atoms with Crippen LogP contribution in [0.25, 0.3) is 0 Å². The number of amides is 1. The van der Waals surface area contributed by atoms with Crippen LogP contribution in [0.3, 0.4) is 0 Å². The topological polar surface area (TPSA) is 49.3 Å². The van der Waals surface area contributed by atoms with E-state index in [0.29, 0.717) is 6.42 Å². The summed E-state index contributed by atoms with van der Waals surface area (Å²) in [4.78, 5) is 12.4. The van der Waals surface area contributed by atoms with Gasteiger partial charge in [0.2, 0.25) is 5.91 Å². The first-order valence-corrected chi connectivity index (χ1v) is 18.2. The smallest absolute Gasteiger partial charge is 0.220 e. The van der Waals surface area contributed by atoms with E-state index in [9.17, 15) is 9.90 Å². The summed E-state index contributed by atoms with van der Waals surface area (Å²) < 4.78 is 0. The lowest BCUT2D eigenvalue weighted by Crippen LogP contribution is -2.41. The molecule has 0 bridgehead atoms. The van der Waals surface area contributed by atoms with E-state index in [2.05, 4.69) is 38.2 Å². The molecule has 0 aromatic carbocycles. The lowest BCUT2D eigenvalue weighted by molar-refractivity contribution is -0.122. The first kappa shape index (κ1) is 39.2. The molecule has 0 aliphatic heterocycles. The van der Waals surface area contributed by atoms with Crippen molar-refractivity contribution < 1.29 is 9.90 Å². The standard InChI is InChI=1S/C37H73NO2/c1-4-6-8-10-12-14-16-18-19-21-23-25-27-29-31-33-37(40)38-36(34-39)35(3)32-30-28-26-24-22-20-17-15-13-11-9-7-5-2/h30,32,35-36,39H,4-29,31,33-34H2,1-3H3,(H,38,40)/b32-30+/t35-,36+/m1/s1. The molecule has 0 heterocycles. The molecule has 0 rings (SSSR count). The third-order valence-corrected chi connectivity index (χ3v) is 8.60. The predicted octanol–water partition coefficient (Wildman–Crippen LogP) is 11.6. The lowest BCUT2D eigenvalue weighted by atomic mass is 10.0. The quantitative estimate of drug-likeness (QED) is 0.0631. The van der Waals surface area contributed by atoms with Crippen LogP contribution in [0.5, 0.6) is 0 Å². The molecule has 0 aromatic rings. The van der Waals surface area contributed by atoms with E-state index >= 15 is 0 Å². The van der Waals surface area contributed by atoms with Crippen LogP contribution in [-0.2, 0) is 4.79 Å². The molecule has 0 spiro atoms. The molecule has 1 amide bonds. The van der Waals surface area contributed by atoms with Crippen LogP contribution in [0, 0.1) is 5.92 Å². The Balaban J connectivity index is 3.60. The molecule has 0 saturated carbocycles. The third kappa shape index (κ3) is 28.7. The van der Waals surface area contributed by atoms with Crippen molar-refractivity contribution in [1.82, 2.24) is 5.32 Å². The van der Waals surface area contributed by atoms with Crippen molar-refractivity contribution >= 4 is 5.91 Å². The van der Waals surface area contributed by atoms with Crippen molar-refractivity contribution in [2.45, 2.75) is 207 Å². The highest BCUT2D eigenvalue weighted by atomic mass is 16.3. The van der Waals surface area contributed by atoms with Crippen LogP contribution in [0.15, 0.2) is 12.2 Å². The second-order valence-electron chi connectivity index (χ2n) is 12.7. The zero-order chi connectivity index (χ0) is 29.4. The van der Waals surface area contributed by atoms with Crippen molar-refractivity contribution in [3.63, 3.8) is 0 Å². The summed E-state index contributed by atoms with van der Waals surface area (Å²) in [6.45, 7) is 6.67. The van der Waals surface area contributed by atoms with Crippen LogP contribution in [0.2, 0.25) is 0 Å². The average molecular weight is 564 g/mol. The molecular formula is C37H73NO2. The van der Waals surface area contributed by atoms with Crippen molar-refractivity contribution in [2.24, 2.45) is 5.92 Å². The number of unbranched alkanes of at least 4 members (excludes halogenated alkanes) is 25. The van der Waals surface area contributed by atoms with E-state index in [4.69, 9.17) is 0 Å². The van der Waals surface area contributed by atoms with Gasteiger partial charge in [0.05, 0.1) is 12.6 Å². The van der Waals surface area contributed by atoms with Gasteiger partial charge in [-0.1, -0.05) is 187 Å². The number of allylic oxidation sites excluding steroid dienone is 1. The molecule has 0 unspecified atom stereocenters. The fourth-order valence-electron chi connectivity index (χ4n) is 5.65. The van der Waals surface area contributed by atoms with E-state index < -0.39 is 0 Å². The average Bonchev–Trinajstić information content (AvgIpc) is 2.96. The number of rotatable bonds is 32. The summed E-state index contributed by atoms with van der Waals surface area (Å²) in [6, 6.07) is -0.169. The molecule has 0 fully saturated rings. The number of carbonyl (C=O) groups excluding carboxylic acids is 1. The Hall–Kier alpha value is -0.830. The van der Waals surface area contributed by atoms with Gasteiger partial charge in [0.25, 0.3) is 0 Å². The fraction of sp³-hybridized carbons (Fsp3) is 0.919. The molecule has 2 N–H and O–H groups in total. The van der Waals surface area contributed by atoms with Crippen molar-refractivity contribution in [1.29, 1.82) is 0 Å². The minimum absolute atomic E-state index is 0.00848. The van der Waals surface area contributed by atoms with Gasteiger partial charge in [-0.2, -0.15) is 0 Å². The van der Waals surface area contributed by atoms with Gasteiger partial charge < -0.3 is 10.4 Å². The summed E-state index contributed by atoms with van der Waals surface area (Å²) in [6.07, 6.45) is 41.3. The van der Waals surface area contributed by atoms with Crippen molar-refractivity contribution in [2.75, 3.05) is 6.61 Å². The highest BCUT2D eigenvalue weighted by molar-refractivity contribution is 5.76. The Bertz CT molecular complexity index is 532. The second-order valence-corrected chi connectivity index (χ2v) is 12.7. The Labute approximate surface area is 252 Å². The van der Waals surface area contributed by atoms with Gasteiger partial charge in [0.1, 0.15) is 0 Å². The fourth-order valence-corrected chi connectivity index (χ4v) is 5.65. The summed E-state index contributed by atoms with van der Waals surface area (Å²) in [5, 5.41) is 12.9. The van der Waals surface area contributed by atoms with Gasteiger partial charge >= 0.3 is 0 Å². The zero-order valence-electron chi connectivity index (χ0n) is 27.7. The third-order valence-electron chi connectivity index (χ3n) is 8.60. The van der Waals surface area contributed by atoms with Crippen LogP contribution >= 0.6 is 0 Å². The monoisotopic (exact) mass is 564 g/mol. The summed E-state index contributed by atoms with van der Waals surface area (Å²) >= 11 is 0. The first-order valence-electron chi connectivity index (χ1n) is 18.2. The first-order chi connectivity index (χ1) is 19.7. The van der Waals surface area contributed by atoms with Gasteiger partial charge in [0.15, 0.2) is 0 Å². The number of hydrogen-bond donors (Lipinski definition) is 2. The molecule has 40 heavy (non-hydrogen) atoms. The molecule has 0 radical (unpaired) electrons. The molecule has 0 saturated heterocycles. The number of carbonyl (C=O) groups is 1. The zero-order valence-corrected chi connectivity index (χ0v) is 27.7. The van der Waals surface area contributed by atoms with Gasteiger partial charge in [-0.3, -0.25) is 4.79 Å². The molecular weight excluding hydrogens is 490 g/mol. The summed E-state index contributed by atoms with van der Waals surface area (Å²) in [5.74, 6) is 0.266. The van der Waals surface area contributed by atoms with Gasteiger partial charge in [0, 0.05) is 6.42 Å². The number of hydrogen-bond acceptors (Lipinski definition) is 2. The van der Waals surface area contributed by atoms with Crippen LogP contribution in [0.1, 0.15) is 201 Å². The molecule has 0 aromatic heterocycles. The maximum atomic E-state index is 12.4. The predicted molar refractivity (Wildman–Crippen MR) is 178 cm³/mol. The Morgan fingerprint density at radius 3 is 1.30 bits per heavy atom. The molecule has 0 aliphatic rings. The Morgan fingerprint density at radius 2 is 0.925 bits per heavy atom. The number of aliphatic hydroxyl groups excluding tert-OH is 1. The highest BCUT2D eigenvalue weighted by Gasteiger charge is 2.16. The van der Waals surface area contributed by atoms with E-state index in [1.54, 1.807) is 0 Å².